The van der Waals surface area contributed by atoms with Crippen molar-refractivity contribution in [2.45, 2.75) is 51.1 Å². The molecule has 0 aromatic carbocycles. The third kappa shape index (κ3) is 2.92. The van der Waals surface area contributed by atoms with Crippen molar-refractivity contribution < 1.29 is 0 Å². The molecule has 0 amide bonds. The molecule has 102 valence electrons. The smallest absolute Gasteiger partial charge is 0.0898 e. The zero-order chi connectivity index (χ0) is 13.2. The molecular weight excluding hydrogens is 242 g/mol. The zero-order valence-corrected chi connectivity index (χ0v) is 12.8. The summed E-state index contributed by atoms with van der Waals surface area (Å²) in [5, 5.41) is 7.00. The molecule has 1 saturated carbocycles. The van der Waals surface area contributed by atoms with Crippen LogP contribution < -0.4 is 5.32 Å². The van der Waals surface area contributed by atoms with Gasteiger partial charge in [-0.15, -0.1) is 11.3 Å². The molecular formula is C14H25N3S. The summed E-state index contributed by atoms with van der Waals surface area (Å²) in [5.41, 5.74) is 1.55. The van der Waals surface area contributed by atoms with Crippen LogP contribution in [0.15, 0.2) is 5.38 Å². The third-order valence-electron chi connectivity index (χ3n) is 4.30. The Bertz CT molecular complexity index is 380. The molecule has 3 nitrogen and oxygen atoms in total. The summed E-state index contributed by atoms with van der Waals surface area (Å²) >= 11 is 1.73. The van der Waals surface area contributed by atoms with Crippen LogP contribution in [0.5, 0.6) is 0 Å². The van der Waals surface area contributed by atoms with Crippen LogP contribution in [0.25, 0.3) is 0 Å². The fourth-order valence-corrected chi connectivity index (χ4v) is 3.55. The molecule has 1 unspecified atom stereocenters. The van der Waals surface area contributed by atoms with Crippen molar-refractivity contribution in [3.8, 4) is 0 Å². The maximum absolute atomic E-state index is 4.57. The molecule has 0 bridgehead atoms. The number of hydrogen-bond donors (Lipinski definition) is 1. The largest absolute Gasteiger partial charge is 0.307 e. The molecule has 1 heterocycles. The van der Waals surface area contributed by atoms with E-state index >= 15 is 0 Å². The fourth-order valence-electron chi connectivity index (χ4n) is 2.84. The Labute approximate surface area is 115 Å². The van der Waals surface area contributed by atoms with Gasteiger partial charge in [-0.1, -0.05) is 12.8 Å². The number of thiazole rings is 1. The number of nitrogens with zero attached hydrogens (tertiary/aromatic N) is 2. The van der Waals surface area contributed by atoms with E-state index in [2.05, 4.69) is 48.5 Å². The van der Waals surface area contributed by atoms with Crippen LogP contribution in [0, 0.1) is 6.92 Å². The Hall–Kier alpha value is -0.450. The average Bonchev–Trinajstić information content (AvgIpc) is 2.95. The summed E-state index contributed by atoms with van der Waals surface area (Å²) in [6, 6.07) is 0.354. The highest BCUT2D eigenvalue weighted by molar-refractivity contribution is 7.09. The second kappa shape index (κ2) is 5.68. The van der Waals surface area contributed by atoms with Crippen molar-refractivity contribution in [3.63, 3.8) is 0 Å². The lowest BCUT2D eigenvalue weighted by molar-refractivity contribution is 0.150. The van der Waals surface area contributed by atoms with E-state index in [1.165, 1.54) is 31.4 Å². The van der Waals surface area contributed by atoms with Gasteiger partial charge in [0.2, 0.25) is 0 Å². The summed E-state index contributed by atoms with van der Waals surface area (Å²) in [6.45, 7) is 5.35. The van der Waals surface area contributed by atoms with E-state index in [9.17, 15) is 0 Å². The Kier molecular flexibility index (Phi) is 4.41. The van der Waals surface area contributed by atoms with Gasteiger partial charge in [-0.05, 0) is 40.8 Å². The molecule has 1 aliphatic rings. The highest BCUT2D eigenvalue weighted by Crippen LogP contribution is 2.33. The van der Waals surface area contributed by atoms with E-state index < -0.39 is 0 Å². The van der Waals surface area contributed by atoms with Crippen LogP contribution in [-0.2, 0) is 0 Å². The van der Waals surface area contributed by atoms with Gasteiger partial charge in [-0.25, -0.2) is 4.98 Å². The van der Waals surface area contributed by atoms with Crippen LogP contribution in [0.3, 0.4) is 0 Å². The van der Waals surface area contributed by atoms with Gasteiger partial charge in [0.15, 0.2) is 0 Å². The van der Waals surface area contributed by atoms with E-state index in [-0.39, 0.29) is 0 Å². The molecule has 1 aromatic rings. The minimum atomic E-state index is 0.354. The van der Waals surface area contributed by atoms with Crippen molar-refractivity contribution in [2.24, 2.45) is 0 Å². The van der Waals surface area contributed by atoms with Gasteiger partial charge in [0.05, 0.1) is 10.7 Å². The molecule has 0 saturated heterocycles. The predicted molar refractivity (Wildman–Crippen MR) is 78.2 cm³/mol. The molecule has 18 heavy (non-hydrogen) atoms. The maximum Gasteiger partial charge on any atom is 0.0898 e. The first kappa shape index (κ1) is 14.0. The van der Waals surface area contributed by atoms with Crippen LogP contribution in [0.2, 0.25) is 0 Å². The van der Waals surface area contributed by atoms with Gasteiger partial charge in [0, 0.05) is 23.5 Å². The van der Waals surface area contributed by atoms with E-state index in [4.69, 9.17) is 0 Å². The highest BCUT2D eigenvalue weighted by Gasteiger charge is 2.35. The lowest BCUT2D eigenvalue weighted by atomic mass is 9.95. The Balaban J connectivity index is 1.94. The Morgan fingerprint density at radius 2 is 2.11 bits per heavy atom. The minimum Gasteiger partial charge on any atom is -0.307 e. The van der Waals surface area contributed by atoms with Gasteiger partial charge in [0.25, 0.3) is 0 Å². The van der Waals surface area contributed by atoms with Gasteiger partial charge >= 0.3 is 0 Å². The number of likely N-dealkylation sites (N-methyl/N-ethyl adjacent to an activating group) is 1. The molecule has 0 aliphatic heterocycles. The van der Waals surface area contributed by atoms with Gasteiger partial charge < -0.3 is 10.2 Å². The predicted octanol–water partition coefficient (Wildman–Crippen LogP) is 2.98. The maximum atomic E-state index is 4.57. The number of aryl methyl sites for hydroxylation is 1. The van der Waals surface area contributed by atoms with E-state index in [1.54, 1.807) is 11.3 Å². The molecule has 1 fully saturated rings. The van der Waals surface area contributed by atoms with Crippen molar-refractivity contribution in [1.29, 1.82) is 0 Å². The molecule has 0 radical (unpaired) electrons. The fraction of sp³-hybridized carbons (Fsp3) is 0.786. The standard InChI is InChI=1S/C14H25N3S/c1-11(13-9-18-12(2)16-13)15-10-14(17(3)4)7-5-6-8-14/h9,11,15H,5-8,10H2,1-4H3. The monoisotopic (exact) mass is 267 g/mol. The summed E-state index contributed by atoms with van der Waals surface area (Å²) < 4.78 is 0. The first-order valence-corrected chi connectivity index (χ1v) is 7.74. The Morgan fingerprint density at radius 1 is 1.44 bits per heavy atom. The zero-order valence-electron chi connectivity index (χ0n) is 12.0. The lowest BCUT2D eigenvalue weighted by Crippen LogP contribution is -2.50. The molecule has 2 rings (SSSR count). The van der Waals surface area contributed by atoms with Crippen molar-refractivity contribution in [1.82, 2.24) is 15.2 Å². The van der Waals surface area contributed by atoms with Crippen molar-refractivity contribution >= 4 is 11.3 Å². The van der Waals surface area contributed by atoms with Crippen molar-refractivity contribution in [2.75, 3.05) is 20.6 Å². The first-order chi connectivity index (χ1) is 8.53. The molecule has 1 N–H and O–H groups in total. The van der Waals surface area contributed by atoms with Gasteiger partial charge in [-0.2, -0.15) is 0 Å². The van der Waals surface area contributed by atoms with Crippen LogP contribution in [0.1, 0.15) is 49.4 Å². The van der Waals surface area contributed by atoms with Gasteiger partial charge in [0.1, 0.15) is 0 Å². The molecule has 0 spiro atoms. The number of aromatic nitrogens is 1. The first-order valence-electron chi connectivity index (χ1n) is 6.86. The van der Waals surface area contributed by atoms with Crippen molar-refractivity contribution in [3.05, 3.63) is 16.1 Å². The quantitative estimate of drug-likeness (QED) is 0.889. The summed E-state index contributed by atoms with van der Waals surface area (Å²) in [4.78, 5) is 6.97. The minimum absolute atomic E-state index is 0.354. The topological polar surface area (TPSA) is 28.2 Å². The molecule has 1 atom stereocenters. The highest BCUT2D eigenvalue weighted by atomic mass is 32.1. The number of hydrogen-bond acceptors (Lipinski definition) is 4. The normalized spacial score (nSPS) is 20.5. The van der Waals surface area contributed by atoms with Crippen LogP contribution in [-0.4, -0.2) is 36.1 Å². The van der Waals surface area contributed by atoms with Crippen LogP contribution >= 0.6 is 11.3 Å². The second-order valence-corrected chi connectivity index (χ2v) is 6.78. The van der Waals surface area contributed by atoms with E-state index in [1.807, 2.05) is 0 Å². The van der Waals surface area contributed by atoms with E-state index in [0.29, 0.717) is 11.6 Å². The third-order valence-corrected chi connectivity index (χ3v) is 5.09. The number of nitrogens with one attached hydrogen (secondary N) is 1. The Morgan fingerprint density at radius 3 is 2.61 bits per heavy atom. The summed E-state index contributed by atoms with van der Waals surface area (Å²) in [5.74, 6) is 0. The lowest BCUT2D eigenvalue weighted by Gasteiger charge is -2.37. The number of rotatable bonds is 5. The van der Waals surface area contributed by atoms with E-state index in [0.717, 1.165) is 11.6 Å². The SMILES string of the molecule is Cc1nc(C(C)NCC2(N(C)C)CCCC2)cs1. The summed E-state index contributed by atoms with van der Waals surface area (Å²) in [6.07, 6.45) is 5.36. The van der Waals surface area contributed by atoms with Gasteiger partial charge in [-0.3, -0.25) is 0 Å². The summed E-state index contributed by atoms with van der Waals surface area (Å²) in [7, 11) is 4.43. The molecule has 1 aromatic heterocycles. The second-order valence-electron chi connectivity index (χ2n) is 5.72. The molecule has 1 aliphatic carbocycles. The molecule has 4 heteroatoms. The van der Waals surface area contributed by atoms with Crippen LogP contribution in [0.4, 0.5) is 0 Å². The average molecular weight is 267 g/mol.